The molecule has 9 nitrogen and oxygen atoms in total. The standard InChI is InChI=1S/C20H18ClFN6O3S/c21-12-5-6-17-14(9-12)19(13-3-1-2-4-16(13)22)25-11-18-15(10-26-28(17)18)20(29)24-7-8-27-32(23,30)31/h1-6,9-10,27H,7-8,11H2,(H,24,29)(H2,23,30,31). The highest BCUT2D eigenvalue weighted by Crippen LogP contribution is 2.29. The molecule has 0 bridgehead atoms. The zero-order valence-corrected chi connectivity index (χ0v) is 18.1. The molecule has 1 amide bonds. The summed E-state index contributed by atoms with van der Waals surface area (Å²) in [6.07, 6.45) is 1.40. The van der Waals surface area contributed by atoms with Gasteiger partial charge in [0.05, 0.1) is 35.4 Å². The molecule has 0 atom stereocenters. The summed E-state index contributed by atoms with van der Waals surface area (Å²) >= 11 is 6.21. The molecule has 3 aromatic rings. The fourth-order valence-corrected chi connectivity index (χ4v) is 3.95. The van der Waals surface area contributed by atoms with Gasteiger partial charge >= 0.3 is 0 Å². The molecule has 2 heterocycles. The van der Waals surface area contributed by atoms with Gasteiger partial charge < -0.3 is 5.32 Å². The van der Waals surface area contributed by atoms with E-state index in [9.17, 15) is 17.6 Å². The number of amides is 1. The number of rotatable bonds is 6. The highest BCUT2D eigenvalue weighted by Gasteiger charge is 2.25. The lowest BCUT2D eigenvalue weighted by atomic mass is 10.00. The maximum absolute atomic E-state index is 14.6. The minimum Gasteiger partial charge on any atom is -0.351 e. The largest absolute Gasteiger partial charge is 0.351 e. The van der Waals surface area contributed by atoms with Crippen LogP contribution in [0.15, 0.2) is 53.7 Å². The molecule has 0 saturated heterocycles. The number of nitrogens with two attached hydrogens (primary N) is 1. The lowest BCUT2D eigenvalue weighted by Crippen LogP contribution is -2.38. The number of aliphatic imine (C=N–C) groups is 1. The van der Waals surface area contributed by atoms with Crippen LogP contribution in [0.2, 0.25) is 5.02 Å². The molecule has 1 aliphatic rings. The Balaban J connectivity index is 1.70. The third-order valence-corrected chi connectivity index (χ3v) is 5.63. The molecule has 1 aromatic heterocycles. The highest BCUT2D eigenvalue weighted by molar-refractivity contribution is 7.87. The Morgan fingerprint density at radius 2 is 1.97 bits per heavy atom. The molecule has 12 heteroatoms. The first-order valence-electron chi connectivity index (χ1n) is 9.47. The first-order chi connectivity index (χ1) is 15.2. The van der Waals surface area contributed by atoms with Crippen molar-refractivity contribution in [1.29, 1.82) is 0 Å². The Kier molecular flexibility index (Phi) is 6.07. The molecule has 0 radical (unpaired) electrons. The molecule has 2 aromatic carbocycles. The van der Waals surface area contributed by atoms with E-state index in [2.05, 4.69) is 20.1 Å². The van der Waals surface area contributed by atoms with Gasteiger partial charge in [-0.05, 0) is 30.3 Å². The van der Waals surface area contributed by atoms with Gasteiger partial charge in [-0.1, -0.05) is 23.7 Å². The third-order valence-electron chi connectivity index (χ3n) is 4.79. The van der Waals surface area contributed by atoms with E-state index < -0.39 is 21.9 Å². The summed E-state index contributed by atoms with van der Waals surface area (Å²) in [6.45, 7) is 0.0228. The maximum atomic E-state index is 14.6. The molecular weight excluding hydrogens is 459 g/mol. The first kappa shape index (κ1) is 22.1. The number of fused-ring (bicyclic) bond motifs is 3. The molecule has 0 aliphatic carbocycles. The zero-order valence-electron chi connectivity index (χ0n) is 16.5. The summed E-state index contributed by atoms with van der Waals surface area (Å²) in [4.78, 5) is 17.3. The van der Waals surface area contributed by atoms with Crippen molar-refractivity contribution >= 4 is 33.4 Å². The lowest BCUT2D eigenvalue weighted by molar-refractivity contribution is 0.0953. The number of halogens is 2. The number of benzene rings is 2. The smallest absolute Gasteiger partial charge is 0.274 e. The van der Waals surface area contributed by atoms with Crippen molar-refractivity contribution in [3.05, 3.63) is 81.9 Å². The van der Waals surface area contributed by atoms with E-state index in [-0.39, 0.29) is 25.2 Å². The number of carbonyl (C=O) groups is 1. The Labute approximate surface area is 188 Å². The number of nitrogens with zero attached hydrogens (tertiary/aromatic N) is 3. The average molecular weight is 477 g/mol. The van der Waals surface area contributed by atoms with E-state index in [0.717, 1.165) is 0 Å². The summed E-state index contributed by atoms with van der Waals surface area (Å²) in [5.41, 5.74) is 2.64. The Morgan fingerprint density at radius 1 is 1.19 bits per heavy atom. The van der Waals surface area contributed by atoms with Gasteiger partial charge in [0.1, 0.15) is 5.82 Å². The first-order valence-corrected chi connectivity index (χ1v) is 11.4. The van der Waals surface area contributed by atoms with Crippen LogP contribution < -0.4 is 15.2 Å². The van der Waals surface area contributed by atoms with Crippen LogP contribution in [0.1, 0.15) is 27.2 Å². The molecule has 166 valence electrons. The predicted molar refractivity (Wildman–Crippen MR) is 118 cm³/mol. The van der Waals surface area contributed by atoms with Crippen molar-refractivity contribution in [3.63, 3.8) is 0 Å². The normalized spacial score (nSPS) is 13.0. The lowest BCUT2D eigenvalue weighted by Gasteiger charge is -2.12. The van der Waals surface area contributed by atoms with Gasteiger partial charge in [0.15, 0.2) is 0 Å². The van der Waals surface area contributed by atoms with Crippen LogP contribution in [0.3, 0.4) is 0 Å². The SMILES string of the molecule is NS(=O)(=O)NCCNC(=O)c1cnn2c1CN=C(c1ccccc1F)c1cc(Cl)ccc1-2. The highest BCUT2D eigenvalue weighted by atomic mass is 35.5. The monoisotopic (exact) mass is 476 g/mol. The summed E-state index contributed by atoms with van der Waals surface area (Å²) in [7, 11) is -3.85. The number of aromatic nitrogens is 2. The maximum Gasteiger partial charge on any atom is 0.274 e. The second-order valence-corrected chi connectivity index (χ2v) is 8.73. The average Bonchev–Trinajstić information content (AvgIpc) is 3.09. The number of hydrogen-bond acceptors (Lipinski definition) is 5. The predicted octanol–water partition coefficient (Wildman–Crippen LogP) is 1.54. The summed E-state index contributed by atoms with van der Waals surface area (Å²) in [6, 6.07) is 11.4. The second kappa shape index (κ2) is 8.79. The minimum absolute atomic E-state index is 0.0236. The molecule has 4 rings (SSSR count). The van der Waals surface area contributed by atoms with Crippen molar-refractivity contribution in [2.24, 2.45) is 10.1 Å². The molecule has 0 fully saturated rings. The fourth-order valence-electron chi connectivity index (χ4n) is 3.39. The van der Waals surface area contributed by atoms with Gasteiger partial charge in [0.25, 0.3) is 16.1 Å². The van der Waals surface area contributed by atoms with Crippen molar-refractivity contribution in [1.82, 2.24) is 19.8 Å². The topological polar surface area (TPSA) is 131 Å². The van der Waals surface area contributed by atoms with Gasteiger partial charge in [0, 0.05) is 29.2 Å². The Hall–Kier alpha value is -3.12. The molecule has 1 aliphatic heterocycles. The van der Waals surface area contributed by atoms with Gasteiger partial charge in [-0.25, -0.2) is 18.9 Å². The zero-order chi connectivity index (χ0) is 22.9. The van der Waals surface area contributed by atoms with Crippen molar-refractivity contribution in [2.75, 3.05) is 13.1 Å². The van der Waals surface area contributed by atoms with Crippen LogP contribution in [0.5, 0.6) is 0 Å². The van der Waals surface area contributed by atoms with Crippen LogP contribution in [-0.4, -0.2) is 42.9 Å². The van der Waals surface area contributed by atoms with E-state index >= 15 is 0 Å². The molecule has 0 unspecified atom stereocenters. The van der Waals surface area contributed by atoms with E-state index in [1.807, 2.05) is 0 Å². The molecule has 0 saturated carbocycles. The van der Waals surface area contributed by atoms with Crippen molar-refractivity contribution < 1.29 is 17.6 Å². The van der Waals surface area contributed by atoms with E-state index in [1.165, 1.54) is 12.3 Å². The van der Waals surface area contributed by atoms with Crippen LogP contribution in [0.25, 0.3) is 5.69 Å². The second-order valence-electron chi connectivity index (χ2n) is 6.92. The van der Waals surface area contributed by atoms with Crippen LogP contribution in [0.4, 0.5) is 4.39 Å². The number of nitrogens with one attached hydrogen (secondary N) is 2. The number of hydrogen-bond donors (Lipinski definition) is 3. The Bertz CT molecular complexity index is 1340. The van der Waals surface area contributed by atoms with Gasteiger partial charge in [-0.2, -0.15) is 13.5 Å². The van der Waals surface area contributed by atoms with Crippen LogP contribution >= 0.6 is 11.6 Å². The van der Waals surface area contributed by atoms with Gasteiger partial charge in [0.2, 0.25) is 0 Å². The van der Waals surface area contributed by atoms with Gasteiger partial charge in [-0.3, -0.25) is 9.79 Å². The quantitative estimate of drug-likeness (QED) is 0.465. The van der Waals surface area contributed by atoms with Gasteiger partial charge in [-0.15, -0.1) is 0 Å². The summed E-state index contributed by atoms with van der Waals surface area (Å²) in [5.74, 6) is -0.889. The molecule has 32 heavy (non-hydrogen) atoms. The fraction of sp³-hybridized carbons (Fsp3) is 0.150. The van der Waals surface area contributed by atoms with Crippen molar-refractivity contribution in [2.45, 2.75) is 6.54 Å². The van der Waals surface area contributed by atoms with Crippen LogP contribution in [0, 0.1) is 5.82 Å². The van der Waals surface area contributed by atoms with Crippen molar-refractivity contribution in [3.8, 4) is 5.69 Å². The number of carbonyl (C=O) groups excluding carboxylic acids is 1. The Morgan fingerprint density at radius 3 is 2.72 bits per heavy atom. The minimum atomic E-state index is -3.85. The molecule has 0 spiro atoms. The molecule has 4 N–H and O–H groups in total. The van der Waals surface area contributed by atoms with E-state index in [4.69, 9.17) is 16.7 Å². The van der Waals surface area contributed by atoms with Crippen LogP contribution in [-0.2, 0) is 16.8 Å². The van der Waals surface area contributed by atoms with E-state index in [0.29, 0.717) is 33.2 Å². The van der Waals surface area contributed by atoms with E-state index in [1.54, 1.807) is 41.1 Å². The summed E-state index contributed by atoms with van der Waals surface area (Å²) in [5, 5.41) is 12.3. The summed E-state index contributed by atoms with van der Waals surface area (Å²) < 4.78 is 40.1. The molecular formula is C20H18ClFN6O3S. The third kappa shape index (κ3) is 4.55.